The first kappa shape index (κ1) is 13.7. The average Bonchev–Trinajstić information content (AvgIpc) is 2.52. The van der Waals surface area contributed by atoms with Crippen LogP contribution in [-0.2, 0) is 20.8 Å². The van der Waals surface area contributed by atoms with Gasteiger partial charge in [0, 0.05) is 6.54 Å². The molecule has 7 nitrogen and oxygen atoms in total. The fourth-order valence-corrected chi connectivity index (χ4v) is 1.51. The predicted molar refractivity (Wildman–Crippen MR) is 60.1 cm³/mol. The van der Waals surface area contributed by atoms with Crippen molar-refractivity contribution >= 4 is 10.1 Å². The molecule has 1 heterocycles. The Balaban J connectivity index is 2.35. The average molecular weight is 262 g/mol. The second kappa shape index (κ2) is 5.78. The van der Waals surface area contributed by atoms with Crippen molar-refractivity contribution in [2.45, 2.75) is 19.9 Å². The molecule has 0 fully saturated rings. The molecule has 0 amide bonds. The normalized spacial score (nSPS) is 12.4. The minimum absolute atomic E-state index is 0.0901. The monoisotopic (exact) mass is 262 g/mol. The highest BCUT2D eigenvalue weighted by Crippen LogP contribution is 1.93. The molecule has 0 radical (unpaired) electrons. The number of aryl methyl sites for hydroxylation is 1. The van der Waals surface area contributed by atoms with Crippen LogP contribution in [0.4, 0.5) is 0 Å². The third-order valence-electron chi connectivity index (χ3n) is 1.90. The Labute approximate surface area is 98.8 Å². The van der Waals surface area contributed by atoms with E-state index in [9.17, 15) is 13.2 Å². The molecule has 0 aliphatic rings. The largest absolute Gasteiger partial charge is 0.441 e. The standard InChI is InChI=1S/C9H14N2O5S/c1-8-10-16-9(12)11(8)6-4-3-5-7-15-17(2,13)14/h3-4H,5-7H2,1-2H3. The Morgan fingerprint density at radius 3 is 2.71 bits per heavy atom. The number of aromatic nitrogens is 2. The molecule has 1 aromatic rings. The van der Waals surface area contributed by atoms with Gasteiger partial charge in [0.1, 0.15) is 0 Å². The summed E-state index contributed by atoms with van der Waals surface area (Å²) in [6.07, 6.45) is 4.89. The highest BCUT2D eigenvalue weighted by molar-refractivity contribution is 7.85. The maximum Gasteiger partial charge on any atom is 0.441 e. The quantitative estimate of drug-likeness (QED) is 0.409. The second-order valence-corrected chi connectivity index (χ2v) is 5.04. The molecule has 0 saturated carbocycles. The van der Waals surface area contributed by atoms with Crippen molar-refractivity contribution < 1.29 is 17.1 Å². The van der Waals surface area contributed by atoms with E-state index < -0.39 is 15.9 Å². The Morgan fingerprint density at radius 1 is 1.47 bits per heavy atom. The van der Waals surface area contributed by atoms with Crippen LogP contribution in [-0.4, -0.2) is 31.0 Å². The SMILES string of the molecule is Cc1noc(=O)n1CC=CCCOS(C)(=O)=O. The summed E-state index contributed by atoms with van der Waals surface area (Å²) in [6, 6.07) is 0. The van der Waals surface area contributed by atoms with Crippen LogP contribution in [0.15, 0.2) is 21.5 Å². The summed E-state index contributed by atoms with van der Waals surface area (Å²) in [6.45, 7) is 2.09. The predicted octanol–water partition coefficient (Wildman–Crippen LogP) is 0.0672. The Hall–Kier alpha value is -1.41. The Kier molecular flexibility index (Phi) is 4.64. The van der Waals surface area contributed by atoms with Crippen LogP contribution in [0.1, 0.15) is 12.2 Å². The van der Waals surface area contributed by atoms with Gasteiger partial charge < -0.3 is 0 Å². The van der Waals surface area contributed by atoms with Crippen molar-refractivity contribution in [3.8, 4) is 0 Å². The smallest absolute Gasteiger partial charge is 0.296 e. The summed E-state index contributed by atoms with van der Waals surface area (Å²) in [5.74, 6) is -0.0217. The van der Waals surface area contributed by atoms with E-state index in [1.807, 2.05) is 0 Å². The van der Waals surface area contributed by atoms with Gasteiger partial charge in [0.25, 0.3) is 10.1 Å². The summed E-state index contributed by atoms with van der Waals surface area (Å²) in [7, 11) is -3.38. The van der Waals surface area contributed by atoms with Crippen LogP contribution < -0.4 is 5.76 Å². The van der Waals surface area contributed by atoms with E-state index in [4.69, 9.17) is 0 Å². The molecule has 0 bridgehead atoms. The molecule has 0 spiro atoms. The van der Waals surface area contributed by atoms with Gasteiger partial charge in [-0.15, -0.1) is 0 Å². The van der Waals surface area contributed by atoms with Gasteiger partial charge in [0.15, 0.2) is 5.82 Å². The molecule has 0 N–H and O–H groups in total. The van der Waals surface area contributed by atoms with E-state index in [1.165, 1.54) is 4.57 Å². The van der Waals surface area contributed by atoms with Crippen LogP contribution in [0.3, 0.4) is 0 Å². The molecule has 1 aromatic heterocycles. The van der Waals surface area contributed by atoms with Gasteiger partial charge >= 0.3 is 5.76 Å². The molecule has 0 saturated heterocycles. The summed E-state index contributed by atoms with van der Waals surface area (Å²) < 4.78 is 31.6. The van der Waals surface area contributed by atoms with Crippen molar-refractivity contribution in [1.82, 2.24) is 9.72 Å². The van der Waals surface area contributed by atoms with Gasteiger partial charge in [-0.1, -0.05) is 17.3 Å². The summed E-state index contributed by atoms with van der Waals surface area (Å²) in [5.41, 5.74) is 0. The second-order valence-electron chi connectivity index (χ2n) is 3.39. The molecule has 0 aliphatic heterocycles. The highest BCUT2D eigenvalue weighted by Gasteiger charge is 2.02. The van der Waals surface area contributed by atoms with E-state index in [1.54, 1.807) is 19.1 Å². The van der Waals surface area contributed by atoms with Crippen molar-refractivity contribution in [3.05, 3.63) is 28.5 Å². The number of nitrogens with zero attached hydrogens (tertiary/aromatic N) is 2. The van der Waals surface area contributed by atoms with E-state index in [2.05, 4.69) is 13.9 Å². The topological polar surface area (TPSA) is 91.4 Å². The van der Waals surface area contributed by atoms with E-state index >= 15 is 0 Å². The lowest BCUT2D eigenvalue weighted by molar-refractivity contribution is 0.328. The summed E-state index contributed by atoms with van der Waals surface area (Å²) >= 11 is 0. The van der Waals surface area contributed by atoms with E-state index in [0.717, 1.165) is 6.26 Å². The molecular weight excluding hydrogens is 248 g/mol. The third-order valence-corrected chi connectivity index (χ3v) is 2.50. The van der Waals surface area contributed by atoms with Crippen molar-refractivity contribution in [2.24, 2.45) is 0 Å². The molecule has 0 aromatic carbocycles. The highest BCUT2D eigenvalue weighted by atomic mass is 32.2. The molecule has 8 heteroatoms. The van der Waals surface area contributed by atoms with Gasteiger partial charge in [-0.05, 0) is 13.3 Å². The molecule has 0 unspecified atom stereocenters. The number of hydrogen-bond acceptors (Lipinski definition) is 6. The summed E-state index contributed by atoms with van der Waals surface area (Å²) in [4.78, 5) is 11.1. The van der Waals surface area contributed by atoms with E-state index in [0.29, 0.717) is 18.8 Å². The van der Waals surface area contributed by atoms with Crippen LogP contribution in [0.25, 0.3) is 0 Å². The molecule has 96 valence electrons. The zero-order chi connectivity index (χ0) is 12.9. The maximum absolute atomic E-state index is 11.1. The van der Waals surface area contributed by atoms with Crippen LogP contribution in [0.5, 0.6) is 0 Å². The van der Waals surface area contributed by atoms with Gasteiger partial charge in [0.2, 0.25) is 0 Å². The number of rotatable bonds is 6. The summed E-state index contributed by atoms with van der Waals surface area (Å²) in [5, 5.41) is 3.50. The number of hydrogen-bond donors (Lipinski definition) is 0. The first-order valence-corrected chi connectivity index (χ1v) is 6.74. The minimum atomic E-state index is -3.38. The van der Waals surface area contributed by atoms with Gasteiger partial charge in [-0.25, -0.2) is 4.79 Å². The Morgan fingerprint density at radius 2 is 2.18 bits per heavy atom. The van der Waals surface area contributed by atoms with Crippen molar-refractivity contribution in [2.75, 3.05) is 12.9 Å². The van der Waals surface area contributed by atoms with Gasteiger partial charge in [-0.3, -0.25) is 13.3 Å². The lowest BCUT2D eigenvalue weighted by Crippen LogP contribution is -2.14. The molecule has 1 rings (SSSR count). The maximum atomic E-state index is 11.1. The van der Waals surface area contributed by atoms with Gasteiger partial charge in [0.05, 0.1) is 12.9 Å². The van der Waals surface area contributed by atoms with E-state index in [-0.39, 0.29) is 6.61 Å². The molecule has 0 aliphatic carbocycles. The first-order chi connectivity index (χ1) is 7.90. The molecular formula is C9H14N2O5S. The lowest BCUT2D eigenvalue weighted by atomic mass is 10.4. The van der Waals surface area contributed by atoms with Crippen LogP contribution >= 0.6 is 0 Å². The fourth-order valence-electron chi connectivity index (χ4n) is 1.11. The Bertz CT molecular complexity index is 540. The third kappa shape index (κ3) is 4.96. The zero-order valence-electron chi connectivity index (χ0n) is 9.62. The van der Waals surface area contributed by atoms with Crippen LogP contribution in [0.2, 0.25) is 0 Å². The zero-order valence-corrected chi connectivity index (χ0v) is 10.4. The van der Waals surface area contributed by atoms with Crippen molar-refractivity contribution in [1.29, 1.82) is 0 Å². The minimum Gasteiger partial charge on any atom is -0.296 e. The molecule has 17 heavy (non-hydrogen) atoms. The number of allylic oxidation sites excluding steroid dienone is 1. The molecule has 0 atom stereocenters. The van der Waals surface area contributed by atoms with Crippen molar-refractivity contribution in [3.63, 3.8) is 0 Å². The lowest BCUT2D eigenvalue weighted by Gasteiger charge is -1.97. The van der Waals surface area contributed by atoms with Crippen LogP contribution in [0, 0.1) is 6.92 Å². The fraction of sp³-hybridized carbons (Fsp3) is 0.556. The first-order valence-electron chi connectivity index (χ1n) is 4.92. The van der Waals surface area contributed by atoms with Gasteiger partial charge in [-0.2, -0.15) is 8.42 Å².